The van der Waals surface area contributed by atoms with E-state index in [0.717, 1.165) is 31.8 Å². The third-order valence-corrected chi connectivity index (χ3v) is 4.63. The molecule has 5 nitrogen and oxygen atoms in total. The van der Waals surface area contributed by atoms with Crippen LogP contribution in [0.5, 0.6) is 5.75 Å². The van der Waals surface area contributed by atoms with Crippen molar-refractivity contribution in [2.24, 2.45) is 0 Å². The number of rotatable bonds is 3. The number of esters is 1. The smallest absolute Gasteiger partial charge is 0.323 e. The van der Waals surface area contributed by atoms with Gasteiger partial charge >= 0.3 is 5.97 Å². The molecule has 5 heteroatoms. The lowest BCUT2D eigenvalue weighted by Crippen LogP contribution is -2.56. The second kappa shape index (κ2) is 6.16. The molecule has 0 aliphatic carbocycles. The molecule has 2 fully saturated rings. The van der Waals surface area contributed by atoms with Gasteiger partial charge in [0.05, 0.1) is 7.11 Å². The number of piperazine rings is 1. The summed E-state index contributed by atoms with van der Waals surface area (Å²) < 4.78 is 10.6. The molecule has 2 aliphatic heterocycles. The first-order chi connectivity index (χ1) is 10.6. The zero-order valence-corrected chi connectivity index (χ0v) is 13.5. The van der Waals surface area contributed by atoms with Crippen molar-refractivity contribution < 1.29 is 14.3 Å². The molecule has 2 heterocycles. The van der Waals surface area contributed by atoms with Crippen molar-refractivity contribution in [3.8, 4) is 5.75 Å². The third kappa shape index (κ3) is 2.90. The number of methoxy groups -OCH3 is 1. The predicted octanol–water partition coefficient (Wildman–Crippen LogP) is 1.91. The van der Waals surface area contributed by atoms with Crippen LogP contribution in [0, 0.1) is 0 Å². The number of anilines is 1. The van der Waals surface area contributed by atoms with Gasteiger partial charge in [-0.05, 0) is 26.0 Å². The van der Waals surface area contributed by atoms with Gasteiger partial charge in [0, 0.05) is 43.9 Å². The van der Waals surface area contributed by atoms with Crippen molar-refractivity contribution in [2.75, 3.05) is 31.6 Å². The van der Waals surface area contributed by atoms with Crippen LogP contribution in [-0.4, -0.2) is 55.8 Å². The number of nitrogens with zero attached hydrogens (tertiary/aromatic N) is 2. The lowest BCUT2D eigenvalue weighted by molar-refractivity contribution is -0.145. The van der Waals surface area contributed by atoms with E-state index in [4.69, 9.17) is 9.47 Å². The molecule has 0 bridgehead atoms. The van der Waals surface area contributed by atoms with Crippen molar-refractivity contribution >= 4 is 11.7 Å². The molecule has 3 unspecified atom stereocenters. The lowest BCUT2D eigenvalue weighted by atomic mass is 10.1. The summed E-state index contributed by atoms with van der Waals surface area (Å²) in [7, 11) is 1.69. The van der Waals surface area contributed by atoms with Crippen LogP contribution in [0.4, 0.5) is 5.69 Å². The highest BCUT2D eigenvalue weighted by Gasteiger charge is 2.39. The maximum Gasteiger partial charge on any atom is 0.323 e. The molecule has 0 saturated carbocycles. The van der Waals surface area contributed by atoms with Gasteiger partial charge in [0.15, 0.2) is 0 Å². The highest BCUT2D eigenvalue weighted by atomic mass is 16.6. The molecule has 1 aromatic carbocycles. The predicted molar refractivity (Wildman–Crippen MR) is 85.3 cm³/mol. The lowest BCUT2D eigenvalue weighted by Gasteiger charge is -2.42. The summed E-state index contributed by atoms with van der Waals surface area (Å²) in [5.74, 6) is 0.815. The van der Waals surface area contributed by atoms with Crippen LogP contribution in [0.1, 0.15) is 20.3 Å². The Morgan fingerprint density at radius 3 is 2.73 bits per heavy atom. The van der Waals surface area contributed by atoms with Crippen LogP contribution in [0.15, 0.2) is 24.3 Å². The number of benzene rings is 1. The molecule has 2 saturated heterocycles. The molecule has 3 atom stereocenters. The SMILES string of the molecule is COc1cccc(N2CCN(C3CC(C)OC3=O)CC2C)c1. The van der Waals surface area contributed by atoms with Crippen molar-refractivity contribution in [1.29, 1.82) is 0 Å². The van der Waals surface area contributed by atoms with Crippen LogP contribution in [0.3, 0.4) is 0 Å². The summed E-state index contributed by atoms with van der Waals surface area (Å²) in [6.07, 6.45) is 0.856. The van der Waals surface area contributed by atoms with Gasteiger partial charge in [-0.2, -0.15) is 0 Å². The number of carbonyl (C=O) groups is 1. The minimum Gasteiger partial charge on any atom is -0.497 e. The Morgan fingerprint density at radius 1 is 1.27 bits per heavy atom. The largest absolute Gasteiger partial charge is 0.497 e. The van der Waals surface area contributed by atoms with E-state index in [2.05, 4.69) is 28.9 Å². The maximum atomic E-state index is 11.9. The normalized spacial score (nSPS) is 29.5. The van der Waals surface area contributed by atoms with Gasteiger partial charge in [-0.25, -0.2) is 0 Å². The number of ether oxygens (including phenoxy) is 2. The van der Waals surface area contributed by atoms with Crippen molar-refractivity contribution in [2.45, 2.75) is 38.5 Å². The summed E-state index contributed by atoms with van der Waals surface area (Å²) in [6.45, 7) is 6.84. The minimum atomic E-state index is -0.0649. The highest BCUT2D eigenvalue weighted by molar-refractivity contribution is 5.78. The van der Waals surface area contributed by atoms with Gasteiger partial charge in [-0.1, -0.05) is 6.07 Å². The van der Waals surface area contributed by atoms with E-state index in [1.807, 2.05) is 19.1 Å². The third-order valence-electron chi connectivity index (χ3n) is 4.63. The minimum absolute atomic E-state index is 0.0456. The van der Waals surface area contributed by atoms with Crippen molar-refractivity contribution in [1.82, 2.24) is 4.90 Å². The first-order valence-corrected chi connectivity index (χ1v) is 7.93. The van der Waals surface area contributed by atoms with Gasteiger partial charge in [0.25, 0.3) is 0 Å². The summed E-state index contributed by atoms with van der Waals surface area (Å²) in [4.78, 5) is 16.6. The number of hydrogen-bond donors (Lipinski definition) is 0. The first kappa shape index (κ1) is 15.2. The molecular formula is C17H24N2O3. The Bertz CT molecular complexity index is 548. The number of cyclic esters (lactones) is 1. The van der Waals surface area contributed by atoms with Gasteiger partial charge < -0.3 is 14.4 Å². The monoisotopic (exact) mass is 304 g/mol. The Balaban J connectivity index is 1.68. The molecule has 22 heavy (non-hydrogen) atoms. The van der Waals surface area contributed by atoms with Gasteiger partial charge in [0.1, 0.15) is 17.9 Å². The average Bonchev–Trinajstić information content (AvgIpc) is 2.86. The number of carbonyl (C=O) groups excluding carboxylic acids is 1. The highest BCUT2D eigenvalue weighted by Crippen LogP contribution is 2.27. The van der Waals surface area contributed by atoms with Crippen LogP contribution in [0.2, 0.25) is 0 Å². The van der Waals surface area contributed by atoms with Crippen LogP contribution in [-0.2, 0) is 9.53 Å². The Kier molecular flexibility index (Phi) is 4.25. The summed E-state index contributed by atoms with van der Waals surface area (Å²) >= 11 is 0. The van der Waals surface area contributed by atoms with Crippen molar-refractivity contribution in [3.63, 3.8) is 0 Å². The van der Waals surface area contributed by atoms with Crippen LogP contribution >= 0.6 is 0 Å². The van der Waals surface area contributed by atoms with E-state index in [1.54, 1.807) is 7.11 Å². The van der Waals surface area contributed by atoms with Crippen LogP contribution in [0.25, 0.3) is 0 Å². The van der Waals surface area contributed by atoms with Crippen molar-refractivity contribution in [3.05, 3.63) is 24.3 Å². The van der Waals surface area contributed by atoms with Gasteiger partial charge in [-0.3, -0.25) is 9.69 Å². The summed E-state index contributed by atoms with van der Waals surface area (Å²) in [6, 6.07) is 8.44. The number of hydrogen-bond acceptors (Lipinski definition) is 5. The van der Waals surface area contributed by atoms with Gasteiger partial charge in [-0.15, -0.1) is 0 Å². The molecule has 0 radical (unpaired) electrons. The molecule has 3 rings (SSSR count). The maximum absolute atomic E-state index is 11.9. The van der Waals surface area contributed by atoms with E-state index in [0.29, 0.717) is 6.04 Å². The molecular weight excluding hydrogens is 280 g/mol. The van der Waals surface area contributed by atoms with E-state index < -0.39 is 0 Å². The van der Waals surface area contributed by atoms with E-state index in [9.17, 15) is 4.79 Å². The summed E-state index contributed by atoms with van der Waals surface area (Å²) in [5, 5.41) is 0. The molecule has 0 N–H and O–H groups in total. The molecule has 120 valence electrons. The Hall–Kier alpha value is -1.75. The molecule has 0 aromatic heterocycles. The second-order valence-corrected chi connectivity index (χ2v) is 6.24. The first-order valence-electron chi connectivity index (χ1n) is 7.93. The standard InChI is InChI=1S/C17H24N2O3/c1-12-11-18(16-9-13(2)22-17(16)20)7-8-19(12)14-5-4-6-15(10-14)21-3/h4-6,10,12-13,16H,7-9,11H2,1-3H3. The molecule has 1 aromatic rings. The summed E-state index contributed by atoms with van der Waals surface area (Å²) in [5.41, 5.74) is 1.17. The molecule has 2 aliphatic rings. The fourth-order valence-electron chi connectivity index (χ4n) is 3.48. The topological polar surface area (TPSA) is 42.0 Å². The quantitative estimate of drug-likeness (QED) is 0.798. The zero-order chi connectivity index (χ0) is 15.7. The zero-order valence-electron chi connectivity index (χ0n) is 13.5. The van der Waals surface area contributed by atoms with Gasteiger partial charge in [0.2, 0.25) is 0 Å². The molecule has 0 spiro atoms. The van der Waals surface area contributed by atoms with E-state index in [1.165, 1.54) is 5.69 Å². The molecule has 0 amide bonds. The fourth-order valence-corrected chi connectivity index (χ4v) is 3.48. The van der Waals surface area contributed by atoms with E-state index in [-0.39, 0.29) is 18.1 Å². The van der Waals surface area contributed by atoms with Crippen LogP contribution < -0.4 is 9.64 Å². The Morgan fingerprint density at radius 2 is 2.09 bits per heavy atom. The second-order valence-electron chi connectivity index (χ2n) is 6.24. The average molecular weight is 304 g/mol. The van der Waals surface area contributed by atoms with E-state index >= 15 is 0 Å². The Labute approximate surface area is 131 Å². The fraction of sp³-hybridized carbons (Fsp3) is 0.588.